The molecule has 1 aliphatic carbocycles. The van der Waals surface area contributed by atoms with E-state index in [0.29, 0.717) is 17.4 Å². The molecule has 1 aliphatic rings. The van der Waals surface area contributed by atoms with Crippen LogP contribution >= 0.6 is 0 Å². The molecule has 3 rings (SSSR count). The number of rotatable bonds is 10. The third kappa shape index (κ3) is 6.62. The van der Waals surface area contributed by atoms with Gasteiger partial charge in [-0.3, -0.25) is 4.79 Å². The minimum absolute atomic E-state index is 0.0110. The minimum Gasteiger partial charge on any atom is -0.494 e. The van der Waals surface area contributed by atoms with Crippen LogP contribution < -0.4 is 10.1 Å². The van der Waals surface area contributed by atoms with Gasteiger partial charge in [-0.05, 0) is 60.9 Å². The lowest BCUT2D eigenvalue weighted by Gasteiger charge is -2.32. The SMILES string of the molecule is CCCCCCOc1ccc(C(=O)NC[C@@H]2CCCC[C@H]2c2ccccc2)cc1. The molecule has 0 aliphatic heterocycles. The fraction of sp³-hybridized carbons (Fsp3) is 0.500. The summed E-state index contributed by atoms with van der Waals surface area (Å²) in [5, 5.41) is 3.17. The molecule has 0 spiro atoms. The minimum atomic E-state index is 0.0110. The first-order valence-corrected chi connectivity index (χ1v) is 11.3. The second kappa shape index (κ2) is 11.6. The van der Waals surface area contributed by atoms with Gasteiger partial charge in [-0.15, -0.1) is 0 Å². The molecule has 156 valence electrons. The number of carbonyl (C=O) groups is 1. The zero-order valence-electron chi connectivity index (χ0n) is 17.7. The number of nitrogens with one attached hydrogen (secondary N) is 1. The molecule has 2 atom stereocenters. The number of unbranched alkanes of at least 4 members (excludes halogenated alkanes) is 3. The van der Waals surface area contributed by atoms with Crippen molar-refractivity contribution in [3.8, 4) is 5.75 Å². The molecule has 1 N–H and O–H groups in total. The average molecular weight is 394 g/mol. The quantitative estimate of drug-likeness (QED) is 0.478. The van der Waals surface area contributed by atoms with Crippen molar-refractivity contribution in [2.75, 3.05) is 13.2 Å². The second-order valence-corrected chi connectivity index (χ2v) is 8.21. The summed E-state index contributed by atoms with van der Waals surface area (Å²) in [6.07, 6.45) is 9.73. The summed E-state index contributed by atoms with van der Waals surface area (Å²) in [6, 6.07) is 18.3. The highest BCUT2D eigenvalue weighted by Gasteiger charge is 2.26. The van der Waals surface area contributed by atoms with E-state index in [1.54, 1.807) is 0 Å². The fourth-order valence-electron chi connectivity index (χ4n) is 4.34. The Hall–Kier alpha value is -2.29. The summed E-state index contributed by atoms with van der Waals surface area (Å²) in [4.78, 5) is 12.6. The van der Waals surface area contributed by atoms with Gasteiger partial charge in [0.15, 0.2) is 0 Å². The van der Waals surface area contributed by atoms with Crippen LogP contribution in [0.4, 0.5) is 0 Å². The zero-order chi connectivity index (χ0) is 20.3. The summed E-state index contributed by atoms with van der Waals surface area (Å²) in [5.41, 5.74) is 2.11. The van der Waals surface area contributed by atoms with E-state index in [1.165, 1.54) is 50.5 Å². The maximum Gasteiger partial charge on any atom is 0.251 e. The lowest BCUT2D eigenvalue weighted by Crippen LogP contribution is -2.33. The molecule has 0 aromatic heterocycles. The molecule has 1 amide bonds. The summed E-state index contributed by atoms with van der Waals surface area (Å²) in [6.45, 7) is 3.70. The van der Waals surface area contributed by atoms with Crippen molar-refractivity contribution in [2.45, 2.75) is 64.2 Å². The Morgan fingerprint density at radius 2 is 1.72 bits per heavy atom. The van der Waals surface area contributed by atoms with Gasteiger partial charge in [-0.1, -0.05) is 69.4 Å². The molecular weight excluding hydrogens is 358 g/mol. The molecule has 1 saturated carbocycles. The first-order chi connectivity index (χ1) is 14.3. The molecule has 1 fully saturated rings. The van der Waals surface area contributed by atoms with E-state index >= 15 is 0 Å². The molecule has 3 nitrogen and oxygen atoms in total. The molecule has 0 unspecified atom stereocenters. The Morgan fingerprint density at radius 1 is 0.966 bits per heavy atom. The van der Waals surface area contributed by atoms with Crippen molar-refractivity contribution in [2.24, 2.45) is 5.92 Å². The number of carbonyl (C=O) groups excluding carboxylic acids is 1. The van der Waals surface area contributed by atoms with Gasteiger partial charge in [0.2, 0.25) is 0 Å². The summed E-state index contributed by atoms with van der Waals surface area (Å²) >= 11 is 0. The molecule has 2 aromatic rings. The van der Waals surface area contributed by atoms with Crippen molar-refractivity contribution in [3.05, 3.63) is 65.7 Å². The van der Waals surface area contributed by atoms with Gasteiger partial charge < -0.3 is 10.1 Å². The second-order valence-electron chi connectivity index (χ2n) is 8.21. The monoisotopic (exact) mass is 393 g/mol. The number of ether oxygens (including phenoxy) is 1. The van der Waals surface area contributed by atoms with Crippen molar-refractivity contribution >= 4 is 5.91 Å². The summed E-state index contributed by atoms with van der Waals surface area (Å²) < 4.78 is 5.77. The lowest BCUT2D eigenvalue weighted by molar-refractivity contribution is 0.0941. The molecule has 2 aromatic carbocycles. The van der Waals surface area contributed by atoms with Gasteiger partial charge in [-0.2, -0.15) is 0 Å². The first-order valence-electron chi connectivity index (χ1n) is 11.3. The van der Waals surface area contributed by atoms with E-state index in [4.69, 9.17) is 4.74 Å². The molecular formula is C26H35NO2. The molecule has 0 radical (unpaired) electrons. The highest BCUT2D eigenvalue weighted by molar-refractivity contribution is 5.94. The van der Waals surface area contributed by atoms with E-state index in [2.05, 4.69) is 42.6 Å². The Morgan fingerprint density at radius 3 is 2.48 bits per heavy atom. The van der Waals surface area contributed by atoms with Crippen LogP contribution in [0.5, 0.6) is 5.75 Å². The predicted molar refractivity (Wildman–Crippen MR) is 120 cm³/mol. The van der Waals surface area contributed by atoms with E-state index in [1.807, 2.05) is 24.3 Å². The molecule has 0 heterocycles. The van der Waals surface area contributed by atoms with Gasteiger partial charge in [0, 0.05) is 12.1 Å². The van der Waals surface area contributed by atoms with Gasteiger partial charge in [0.25, 0.3) is 5.91 Å². The maximum atomic E-state index is 12.6. The highest BCUT2D eigenvalue weighted by atomic mass is 16.5. The van der Waals surface area contributed by atoms with Crippen LogP contribution in [0.15, 0.2) is 54.6 Å². The van der Waals surface area contributed by atoms with E-state index in [-0.39, 0.29) is 5.91 Å². The third-order valence-electron chi connectivity index (χ3n) is 6.04. The van der Waals surface area contributed by atoms with E-state index in [9.17, 15) is 4.79 Å². The maximum absolute atomic E-state index is 12.6. The van der Waals surface area contributed by atoms with Crippen molar-refractivity contribution < 1.29 is 9.53 Å². The Balaban J connectivity index is 1.48. The Kier molecular flexibility index (Phi) is 8.60. The van der Waals surface area contributed by atoms with Gasteiger partial charge >= 0.3 is 0 Å². The smallest absolute Gasteiger partial charge is 0.251 e. The molecule has 29 heavy (non-hydrogen) atoms. The fourth-order valence-corrected chi connectivity index (χ4v) is 4.34. The van der Waals surface area contributed by atoms with Crippen LogP contribution in [-0.4, -0.2) is 19.1 Å². The molecule has 0 saturated heterocycles. The van der Waals surface area contributed by atoms with Crippen LogP contribution in [0.3, 0.4) is 0 Å². The van der Waals surface area contributed by atoms with Crippen LogP contribution in [0.1, 0.15) is 80.1 Å². The molecule has 3 heteroatoms. The number of benzene rings is 2. The van der Waals surface area contributed by atoms with Crippen LogP contribution in [0.25, 0.3) is 0 Å². The van der Waals surface area contributed by atoms with Crippen LogP contribution in [0.2, 0.25) is 0 Å². The lowest BCUT2D eigenvalue weighted by atomic mass is 9.75. The van der Waals surface area contributed by atoms with E-state index in [0.717, 1.165) is 25.3 Å². The number of hydrogen-bond donors (Lipinski definition) is 1. The van der Waals surface area contributed by atoms with Crippen molar-refractivity contribution in [3.63, 3.8) is 0 Å². The summed E-state index contributed by atoms with van der Waals surface area (Å²) in [5.74, 6) is 1.92. The van der Waals surface area contributed by atoms with Crippen LogP contribution in [-0.2, 0) is 0 Å². The van der Waals surface area contributed by atoms with Gasteiger partial charge in [-0.25, -0.2) is 0 Å². The van der Waals surface area contributed by atoms with Crippen molar-refractivity contribution in [1.29, 1.82) is 0 Å². The first kappa shape index (κ1) is 21.4. The Labute approximate surface area is 175 Å². The number of hydrogen-bond acceptors (Lipinski definition) is 2. The topological polar surface area (TPSA) is 38.3 Å². The van der Waals surface area contributed by atoms with Gasteiger partial charge in [0.1, 0.15) is 5.75 Å². The molecule has 0 bridgehead atoms. The Bertz CT molecular complexity index is 726. The average Bonchev–Trinajstić information content (AvgIpc) is 2.78. The zero-order valence-corrected chi connectivity index (χ0v) is 17.7. The standard InChI is InChI=1S/C26H35NO2/c1-2-3-4-10-19-29-24-17-15-22(16-18-24)26(28)27-20-23-13-8-9-14-25(23)21-11-6-5-7-12-21/h5-7,11-12,15-18,23,25H,2-4,8-10,13-14,19-20H2,1H3,(H,27,28)/t23-,25-/m0/s1. The van der Waals surface area contributed by atoms with Crippen molar-refractivity contribution in [1.82, 2.24) is 5.32 Å². The predicted octanol–water partition coefficient (Wildman–Crippen LogP) is 6.35. The highest BCUT2D eigenvalue weighted by Crippen LogP contribution is 2.37. The largest absolute Gasteiger partial charge is 0.494 e. The third-order valence-corrected chi connectivity index (χ3v) is 6.04. The van der Waals surface area contributed by atoms with E-state index < -0.39 is 0 Å². The summed E-state index contributed by atoms with van der Waals surface area (Å²) in [7, 11) is 0. The number of amides is 1. The van der Waals surface area contributed by atoms with Crippen LogP contribution in [0, 0.1) is 5.92 Å². The van der Waals surface area contributed by atoms with Gasteiger partial charge in [0.05, 0.1) is 6.61 Å². The normalized spacial score (nSPS) is 18.9.